The molecule has 0 radical (unpaired) electrons. The molecule has 0 spiro atoms. The third kappa shape index (κ3) is 3.76. The summed E-state index contributed by atoms with van der Waals surface area (Å²) in [5, 5.41) is 3.36. The number of piperazine rings is 1. The first-order valence-corrected chi connectivity index (χ1v) is 11.3. The highest BCUT2D eigenvalue weighted by Crippen LogP contribution is 2.28. The van der Waals surface area contributed by atoms with Gasteiger partial charge in [-0.3, -0.25) is 9.69 Å². The normalized spacial score (nSPS) is 27.9. The predicted molar refractivity (Wildman–Crippen MR) is 103 cm³/mol. The van der Waals surface area contributed by atoms with Gasteiger partial charge in [-0.05, 0) is 31.4 Å². The van der Waals surface area contributed by atoms with Crippen LogP contribution in [-0.2, 0) is 14.8 Å². The van der Waals surface area contributed by atoms with E-state index in [2.05, 4.69) is 10.2 Å². The molecular formula is C19H28N4O3S. The van der Waals surface area contributed by atoms with Gasteiger partial charge in [-0.2, -0.15) is 4.31 Å². The highest BCUT2D eigenvalue weighted by Gasteiger charge is 2.43. The molecule has 1 N–H and O–H groups in total. The van der Waals surface area contributed by atoms with Crippen LogP contribution in [0.2, 0.25) is 0 Å². The van der Waals surface area contributed by atoms with E-state index in [-0.39, 0.29) is 10.8 Å². The second kappa shape index (κ2) is 7.87. The van der Waals surface area contributed by atoms with E-state index < -0.39 is 16.1 Å². The molecule has 8 heteroatoms. The summed E-state index contributed by atoms with van der Waals surface area (Å²) in [6.45, 7) is 5.89. The van der Waals surface area contributed by atoms with Crippen LogP contribution in [0.3, 0.4) is 0 Å². The number of sulfonamides is 1. The third-order valence-electron chi connectivity index (χ3n) is 5.98. The average molecular weight is 393 g/mol. The van der Waals surface area contributed by atoms with E-state index in [1.165, 1.54) is 4.31 Å². The molecule has 1 aromatic carbocycles. The first-order valence-electron chi connectivity index (χ1n) is 9.88. The van der Waals surface area contributed by atoms with Gasteiger partial charge in [-0.1, -0.05) is 18.2 Å². The Labute approximate surface area is 161 Å². The van der Waals surface area contributed by atoms with Crippen LogP contribution in [0.1, 0.15) is 19.3 Å². The van der Waals surface area contributed by atoms with Crippen LogP contribution < -0.4 is 5.32 Å². The zero-order valence-electron chi connectivity index (χ0n) is 15.6. The van der Waals surface area contributed by atoms with Crippen molar-refractivity contribution in [1.29, 1.82) is 0 Å². The predicted octanol–water partition coefficient (Wildman–Crippen LogP) is 0.346. The Morgan fingerprint density at radius 1 is 1.00 bits per heavy atom. The number of benzene rings is 1. The quantitative estimate of drug-likeness (QED) is 0.800. The third-order valence-corrected chi connectivity index (χ3v) is 7.90. The van der Waals surface area contributed by atoms with Gasteiger partial charge >= 0.3 is 0 Å². The van der Waals surface area contributed by atoms with E-state index in [0.717, 1.165) is 45.6 Å². The van der Waals surface area contributed by atoms with Crippen molar-refractivity contribution < 1.29 is 13.2 Å². The van der Waals surface area contributed by atoms with Gasteiger partial charge in [0.1, 0.15) is 6.04 Å². The van der Waals surface area contributed by atoms with E-state index in [0.29, 0.717) is 25.6 Å². The number of hydrogen-bond donors (Lipinski definition) is 1. The summed E-state index contributed by atoms with van der Waals surface area (Å²) < 4.78 is 27.5. The highest BCUT2D eigenvalue weighted by molar-refractivity contribution is 7.89. The van der Waals surface area contributed by atoms with Gasteiger partial charge in [0.05, 0.1) is 4.90 Å². The molecule has 4 rings (SSSR count). The maximum atomic E-state index is 13.2. The highest BCUT2D eigenvalue weighted by atomic mass is 32.2. The minimum atomic E-state index is -3.63. The second-order valence-corrected chi connectivity index (χ2v) is 9.49. The minimum absolute atomic E-state index is 0.0235. The van der Waals surface area contributed by atoms with Gasteiger partial charge in [-0.25, -0.2) is 8.42 Å². The molecule has 2 unspecified atom stereocenters. The molecule has 0 aromatic heterocycles. The number of nitrogens with one attached hydrogen (secondary N) is 1. The lowest BCUT2D eigenvalue weighted by atomic mass is 10.2. The van der Waals surface area contributed by atoms with Crippen molar-refractivity contribution in [1.82, 2.24) is 19.4 Å². The fraction of sp³-hybridized carbons (Fsp3) is 0.632. The van der Waals surface area contributed by atoms with Crippen LogP contribution in [0.5, 0.6) is 0 Å². The monoisotopic (exact) mass is 392 g/mol. The SMILES string of the molecule is O=C(C1CCCN1S(=O)(=O)c1ccccc1)N1CCC(N2CCNCC2)C1. The molecule has 7 nitrogen and oxygen atoms in total. The molecule has 2 atom stereocenters. The fourth-order valence-corrected chi connectivity index (χ4v) is 6.17. The molecular weight excluding hydrogens is 364 g/mol. The van der Waals surface area contributed by atoms with Crippen LogP contribution in [0.4, 0.5) is 0 Å². The molecule has 0 saturated carbocycles. The Morgan fingerprint density at radius 2 is 1.74 bits per heavy atom. The van der Waals surface area contributed by atoms with E-state index in [1.807, 2.05) is 4.90 Å². The van der Waals surface area contributed by atoms with Crippen molar-refractivity contribution in [2.45, 2.75) is 36.2 Å². The van der Waals surface area contributed by atoms with Crippen LogP contribution in [0, 0.1) is 0 Å². The van der Waals surface area contributed by atoms with E-state index in [9.17, 15) is 13.2 Å². The summed E-state index contributed by atoms with van der Waals surface area (Å²) in [5.41, 5.74) is 0. The first-order chi connectivity index (χ1) is 13.1. The molecule has 0 aliphatic carbocycles. The molecule has 3 saturated heterocycles. The van der Waals surface area contributed by atoms with Crippen LogP contribution in [0.15, 0.2) is 35.2 Å². The topological polar surface area (TPSA) is 73.0 Å². The molecule has 3 heterocycles. The Kier molecular flexibility index (Phi) is 5.50. The standard InChI is InChI=1S/C19H28N4O3S/c24-19(22-12-8-16(15-22)21-13-9-20-10-14-21)18-7-4-11-23(18)27(25,26)17-5-2-1-3-6-17/h1-3,5-6,16,18,20H,4,7-15H2. The van der Waals surface area contributed by atoms with Crippen molar-refractivity contribution in [3.63, 3.8) is 0 Å². The van der Waals surface area contributed by atoms with E-state index in [1.54, 1.807) is 30.3 Å². The van der Waals surface area contributed by atoms with Crippen LogP contribution in [0.25, 0.3) is 0 Å². The number of likely N-dealkylation sites (tertiary alicyclic amines) is 1. The lowest BCUT2D eigenvalue weighted by Crippen LogP contribution is -2.51. The number of rotatable bonds is 4. The smallest absolute Gasteiger partial charge is 0.243 e. The van der Waals surface area contributed by atoms with Crippen LogP contribution >= 0.6 is 0 Å². The molecule has 3 fully saturated rings. The lowest BCUT2D eigenvalue weighted by Gasteiger charge is -2.33. The molecule has 1 aromatic rings. The number of amides is 1. The zero-order chi connectivity index (χ0) is 18.9. The zero-order valence-corrected chi connectivity index (χ0v) is 16.4. The average Bonchev–Trinajstić information content (AvgIpc) is 3.39. The number of carbonyl (C=O) groups is 1. The number of hydrogen-bond acceptors (Lipinski definition) is 5. The minimum Gasteiger partial charge on any atom is -0.340 e. The van der Waals surface area contributed by atoms with Crippen LogP contribution in [-0.4, -0.2) is 86.3 Å². The number of nitrogens with zero attached hydrogens (tertiary/aromatic N) is 3. The fourth-order valence-electron chi connectivity index (χ4n) is 4.50. The maximum absolute atomic E-state index is 13.2. The summed E-state index contributed by atoms with van der Waals surface area (Å²) in [5.74, 6) is -0.0235. The summed E-state index contributed by atoms with van der Waals surface area (Å²) in [4.78, 5) is 17.8. The van der Waals surface area contributed by atoms with Gasteiger partial charge < -0.3 is 10.2 Å². The maximum Gasteiger partial charge on any atom is 0.243 e. The van der Waals surface area contributed by atoms with Gasteiger partial charge in [0.15, 0.2) is 0 Å². The van der Waals surface area contributed by atoms with E-state index >= 15 is 0 Å². The van der Waals surface area contributed by atoms with Gasteiger partial charge in [0.2, 0.25) is 15.9 Å². The summed E-state index contributed by atoms with van der Waals surface area (Å²) >= 11 is 0. The van der Waals surface area contributed by atoms with Crippen molar-refractivity contribution in [2.24, 2.45) is 0 Å². The second-order valence-electron chi connectivity index (χ2n) is 7.60. The van der Waals surface area contributed by atoms with E-state index in [4.69, 9.17) is 0 Å². The summed E-state index contributed by atoms with van der Waals surface area (Å²) in [6.07, 6.45) is 2.32. The lowest BCUT2D eigenvalue weighted by molar-refractivity contribution is -0.133. The first kappa shape index (κ1) is 18.9. The Hall–Kier alpha value is -1.48. The summed E-state index contributed by atoms with van der Waals surface area (Å²) in [7, 11) is -3.63. The molecule has 3 aliphatic heterocycles. The van der Waals surface area contributed by atoms with Crippen molar-refractivity contribution in [3.8, 4) is 0 Å². The molecule has 148 valence electrons. The molecule has 0 bridgehead atoms. The Bertz CT molecular complexity index is 764. The molecule has 27 heavy (non-hydrogen) atoms. The largest absolute Gasteiger partial charge is 0.340 e. The van der Waals surface area contributed by atoms with Gasteiger partial charge in [-0.15, -0.1) is 0 Å². The van der Waals surface area contributed by atoms with Crippen molar-refractivity contribution >= 4 is 15.9 Å². The molecule has 3 aliphatic rings. The molecule has 1 amide bonds. The number of carbonyl (C=O) groups excluding carboxylic acids is 1. The Morgan fingerprint density at radius 3 is 2.48 bits per heavy atom. The summed E-state index contributed by atoms with van der Waals surface area (Å²) in [6, 6.07) is 8.29. The Balaban J connectivity index is 1.45. The van der Waals surface area contributed by atoms with Crippen molar-refractivity contribution in [2.75, 3.05) is 45.8 Å². The van der Waals surface area contributed by atoms with Gasteiger partial charge in [0.25, 0.3) is 0 Å². The van der Waals surface area contributed by atoms with Crippen molar-refractivity contribution in [3.05, 3.63) is 30.3 Å². The van der Waals surface area contributed by atoms with Gasteiger partial charge in [0, 0.05) is 51.9 Å².